The second-order valence-electron chi connectivity index (χ2n) is 6.58. The van der Waals surface area contributed by atoms with Gasteiger partial charge in [0.05, 0.1) is 6.04 Å². The number of rotatable bonds is 5. The molecule has 1 saturated heterocycles. The third-order valence-corrected chi connectivity index (χ3v) is 5.38. The van der Waals surface area contributed by atoms with E-state index in [9.17, 15) is 9.30 Å². The normalized spacial score (nSPS) is 28.8. The van der Waals surface area contributed by atoms with Gasteiger partial charge in [0.15, 0.2) is 0 Å². The average molecular weight is 302 g/mol. The average Bonchev–Trinajstić information content (AvgIpc) is 3.09. The van der Waals surface area contributed by atoms with E-state index in [0.29, 0.717) is 24.1 Å². The number of hydrogen-bond donors (Lipinski definition) is 0. The fourth-order valence-corrected chi connectivity index (χ4v) is 4.24. The molecule has 2 aliphatic rings. The van der Waals surface area contributed by atoms with Crippen LogP contribution in [0.5, 0.6) is 0 Å². The minimum absolute atomic E-state index is 0.153. The Bertz CT molecular complexity index is 597. The molecule has 2 fully saturated rings. The van der Waals surface area contributed by atoms with Crippen molar-refractivity contribution in [2.45, 2.75) is 51.1 Å². The van der Waals surface area contributed by atoms with Crippen LogP contribution in [0.3, 0.4) is 0 Å². The number of nitrogens with zero attached hydrogens (tertiary/aromatic N) is 2. The maximum Gasteiger partial charge on any atom is 0.123 e. The van der Waals surface area contributed by atoms with Crippen LogP contribution in [0, 0.1) is 16.6 Å². The van der Waals surface area contributed by atoms with Crippen molar-refractivity contribution in [3.8, 4) is 0 Å². The van der Waals surface area contributed by atoms with Gasteiger partial charge in [0.1, 0.15) is 11.5 Å². The lowest BCUT2D eigenvalue weighted by atomic mass is 9.90. The second-order valence-corrected chi connectivity index (χ2v) is 6.58. The van der Waals surface area contributed by atoms with Crippen molar-refractivity contribution in [1.82, 2.24) is 4.90 Å². The van der Waals surface area contributed by atoms with E-state index in [2.05, 4.69) is 17.1 Å². The third-order valence-electron chi connectivity index (χ3n) is 5.38. The third kappa shape index (κ3) is 2.72. The van der Waals surface area contributed by atoms with Crippen LogP contribution in [-0.4, -0.2) is 24.0 Å². The van der Waals surface area contributed by atoms with E-state index in [1.54, 1.807) is 12.1 Å². The van der Waals surface area contributed by atoms with Crippen LogP contribution < -0.4 is 0 Å². The Morgan fingerprint density at radius 3 is 2.82 bits per heavy atom. The number of halogens is 1. The summed E-state index contributed by atoms with van der Waals surface area (Å²) in [6.07, 6.45) is 4.98. The predicted octanol–water partition coefficient (Wildman–Crippen LogP) is 4.28. The molecule has 0 spiro atoms. The Balaban J connectivity index is 1.90. The molecule has 1 aromatic carbocycles. The molecule has 22 heavy (non-hydrogen) atoms. The number of nitroso groups, excluding NO2 is 1. The lowest BCUT2D eigenvalue weighted by Crippen LogP contribution is -2.39. The van der Waals surface area contributed by atoms with Gasteiger partial charge in [-0.25, -0.2) is 4.39 Å². The Morgan fingerprint density at radius 2 is 2.23 bits per heavy atom. The van der Waals surface area contributed by atoms with Crippen molar-refractivity contribution < 1.29 is 4.39 Å². The summed E-state index contributed by atoms with van der Waals surface area (Å²) in [6, 6.07) is 7.37. The molecule has 1 aliphatic heterocycles. The number of fused-ring (bicyclic) bond motifs is 2. The highest BCUT2D eigenvalue weighted by molar-refractivity contribution is 5.29. The summed E-state index contributed by atoms with van der Waals surface area (Å²) in [5.74, 6) is 0.322. The van der Waals surface area contributed by atoms with Crippen molar-refractivity contribution in [1.29, 1.82) is 0 Å². The minimum atomic E-state index is -0.231. The topological polar surface area (TPSA) is 32.7 Å². The largest absolute Gasteiger partial charge is 0.294 e. The zero-order chi connectivity index (χ0) is 15.7. The first-order valence-corrected chi connectivity index (χ1v) is 8.15. The van der Waals surface area contributed by atoms with Crippen LogP contribution >= 0.6 is 0 Å². The highest BCUT2D eigenvalue weighted by atomic mass is 19.1. The molecule has 1 heterocycles. The molecule has 0 amide bonds. The lowest BCUT2D eigenvalue weighted by Gasteiger charge is -2.32. The first-order chi connectivity index (χ1) is 10.6. The fourth-order valence-electron chi connectivity index (χ4n) is 4.24. The summed E-state index contributed by atoms with van der Waals surface area (Å²) in [7, 11) is 2.11. The summed E-state index contributed by atoms with van der Waals surface area (Å²) in [6.45, 7) is 2.05. The Kier molecular flexibility index (Phi) is 4.39. The van der Waals surface area contributed by atoms with E-state index >= 15 is 0 Å². The van der Waals surface area contributed by atoms with Crippen LogP contribution in [0.2, 0.25) is 0 Å². The summed E-state index contributed by atoms with van der Waals surface area (Å²) < 4.78 is 13.4. The van der Waals surface area contributed by atoms with Gasteiger partial charge >= 0.3 is 0 Å². The SMILES string of the molecule is CC/C(Cc1cccc(F)c1)=C(\N=O)C1C2CCC(C2)N1C. The Labute approximate surface area is 131 Å². The number of piperidine rings is 1. The van der Waals surface area contributed by atoms with Crippen molar-refractivity contribution >= 4 is 0 Å². The van der Waals surface area contributed by atoms with Gasteiger partial charge in [0, 0.05) is 6.04 Å². The molecule has 1 saturated carbocycles. The molecular formula is C18H23FN2O. The molecule has 4 heteroatoms. The molecule has 0 N–H and O–H groups in total. The molecule has 3 unspecified atom stereocenters. The summed E-state index contributed by atoms with van der Waals surface area (Å²) in [5, 5.41) is 3.42. The van der Waals surface area contributed by atoms with Gasteiger partial charge in [-0.05, 0) is 73.5 Å². The Morgan fingerprint density at radius 1 is 1.41 bits per heavy atom. The molecule has 118 valence electrons. The fraction of sp³-hybridized carbons (Fsp3) is 0.556. The van der Waals surface area contributed by atoms with E-state index in [-0.39, 0.29) is 11.9 Å². The predicted molar refractivity (Wildman–Crippen MR) is 85.9 cm³/mol. The van der Waals surface area contributed by atoms with Gasteiger partial charge in [-0.2, -0.15) is 0 Å². The van der Waals surface area contributed by atoms with Crippen LogP contribution in [0.15, 0.2) is 40.7 Å². The highest BCUT2D eigenvalue weighted by Gasteiger charge is 2.46. The molecule has 3 atom stereocenters. The van der Waals surface area contributed by atoms with Gasteiger partial charge in [-0.3, -0.25) is 4.90 Å². The molecule has 1 aliphatic carbocycles. The smallest absolute Gasteiger partial charge is 0.123 e. The quantitative estimate of drug-likeness (QED) is 0.760. The summed E-state index contributed by atoms with van der Waals surface area (Å²) in [5.41, 5.74) is 2.65. The van der Waals surface area contributed by atoms with Gasteiger partial charge < -0.3 is 0 Å². The Hall–Kier alpha value is -1.55. The number of benzene rings is 1. The zero-order valence-electron chi connectivity index (χ0n) is 13.3. The van der Waals surface area contributed by atoms with Gasteiger partial charge in [-0.1, -0.05) is 19.1 Å². The van der Waals surface area contributed by atoms with Crippen molar-refractivity contribution in [3.63, 3.8) is 0 Å². The first kappa shape index (κ1) is 15.3. The van der Waals surface area contributed by atoms with E-state index < -0.39 is 0 Å². The van der Waals surface area contributed by atoms with Gasteiger partial charge in [0.2, 0.25) is 0 Å². The van der Waals surface area contributed by atoms with Gasteiger partial charge in [-0.15, -0.1) is 4.91 Å². The molecule has 3 nitrogen and oxygen atoms in total. The van der Waals surface area contributed by atoms with Crippen LogP contribution in [0.4, 0.5) is 4.39 Å². The molecule has 1 aromatic rings. The molecule has 2 bridgehead atoms. The standard InChI is InChI=1S/C18H23FN2O/c1-3-13(9-12-5-4-6-15(19)10-12)17(20-22)18-14-7-8-16(11-14)21(18)2/h4-6,10,14,16,18H,3,7-9,11H2,1-2H3/b17-13+. The van der Waals surface area contributed by atoms with Crippen molar-refractivity contribution in [2.75, 3.05) is 7.05 Å². The molecule has 3 rings (SSSR count). The van der Waals surface area contributed by atoms with Crippen molar-refractivity contribution in [2.24, 2.45) is 11.1 Å². The number of allylic oxidation sites excluding steroid dienone is 1. The number of likely N-dealkylation sites (N-methyl/N-ethyl adjacent to an activating group) is 1. The van der Waals surface area contributed by atoms with E-state index in [1.807, 2.05) is 13.0 Å². The first-order valence-electron chi connectivity index (χ1n) is 8.15. The molecule has 0 aromatic heterocycles. The maximum atomic E-state index is 13.4. The summed E-state index contributed by atoms with van der Waals surface area (Å²) >= 11 is 0. The molecular weight excluding hydrogens is 279 g/mol. The van der Waals surface area contributed by atoms with Crippen LogP contribution in [0.25, 0.3) is 0 Å². The second kappa shape index (κ2) is 6.29. The minimum Gasteiger partial charge on any atom is -0.294 e. The van der Waals surface area contributed by atoms with E-state index in [1.165, 1.54) is 25.3 Å². The zero-order valence-corrected chi connectivity index (χ0v) is 13.3. The van der Waals surface area contributed by atoms with E-state index in [4.69, 9.17) is 0 Å². The van der Waals surface area contributed by atoms with Crippen molar-refractivity contribution in [3.05, 3.63) is 51.8 Å². The number of likely N-dealkylation sites (tertiary alicyclic amines) is 1. The van der Waals surface area contributed by atoms with Crippen LogP contribution in [0.1, 0.15) is 38.2 Å². The van der Waals surface area contributed by atoms with Gasteiger partial charge in [0.25, 0.3) is 0 Å². The van der Waals surface area contributed by atoms with Crippen LogP contribution in [-0.2, 0) is 6.42 Å². The number of hydrogen-bond acceptors (Lipinski definition) is 3. The highest BCUT2D eigenvalue weighted by Crippen LogP contribution is 2.45. The summed E-state index contributed by atoms with van der Waals surface area (Å²) in [4.78, 5) is 13.9. The lowest BCUT2D eigenvalue weighted by molar-refractivity contribution is 0.199. The monoisotopic (exact) mass is 302 g/mol. The maximum absolute atomic E-state index is 13.4. The van der Waals surface area contributed by atoms with E-state index in [0.717, 1.165) is 17.6 Å². The molecule has 0 radical (unpaired) electrons.